The molecule has 1 aliphatic rings. The molecular formula is C16H25BrN2. The largest absolute Gasteiger partial charge is 0.317 e. The van der Waals surface area contributed by atoms with Gasteiger partial charge in [-0.2, -0.15) is 0 Å². The van der Waals surface area contributed by atoms with Crippen LogP contribution in [0.4, 0.5) is 0 Å². The Hall–Kier alpha value is -0.380. The quantitative estimate of drug-likeness (QED) is 0.889. The molecule has 0 aromatic heterocycles. The minimum atomic E-state index is 0.520. The van der Waals surface area contributed by atoms with E-state index in [1.165, 1.54) is 48.9 Å². The van der Waals surface area contributed by atoms with Gasteiger partial charge in [-0.15, -0.1) is 0 Å². The van der Waals surface area contributed by atoms with E-state index in [1.807, 2.05) is 0 Å². The van der Waals surface area contributed by atoms with E-state index < -0.39 is 0 Å². The summed E-state index contributed by atoms with van der Waals surface area (Å²) >= 11 is 3.55. The number of halogens is 1. The summed E-state index contributed by atoms with van der Waals surface area (Å²) in [5.74, 6) is 0. The fourth-order valence-corrected chi connectivity index (χ4v) is 3.60. The summed E-state index contributed by atoms with van der Waals surface area (Å²) in [6.45, 7) is 6.95. The zero-order valence-electron chi connectivity index (χ0n) is 12.1. The van der Waals surface area contributed by atoms with Gasteiger partial charge in [0.2, 0.25) is 0 Å². The number of nitrogens with zero attached hydrogens (tertiary/aromatic N) is 1. The second-order valence-electron chi connectivity index (χ2n) is 5.91. The highest BCUT2D eigenvalue weighted by Gasteiger charge is 2.31. The second-order valence-corrected chi connectivity index (χ2v) is 6.82. The Labute approximate surface area is 125 Å². The number of piperidine rings is 1. The van der Waals surface area contributed by atoms with Gasteiger partial charge in [0.25, 0.3) is 0 Å². The standard InChI is InChI=1S/C16H25BrN2/c1-3-16(7-9-18-10-8-16)13-19(2)12-14-5-4-6-15(17)11-14/h4-6,11,18H,3,7-10,12-13H2,1-2H3. The topological polar surface area (TPSA) is 15.3 Å². The number of hydrogen-bond acceptors (Lipinski definition) is 2. The van der Waals surface area contributed by atoms with Crippen LogP contribution in [0.15, 0.2) is 28.7 Å². The smallest absolute Gasteiger partial charge is 0.0231 e. The van der Waals surface area contributed by atoms with Crippen LogP contribution in [0.5, 0.6) is 0 Å². The molecule has 1 saturated heterocycles. The molecule has 1 fully saturated rings. The molecule has 2 rings (SSSR count). The van der Waals surface area contributed by atoms with E-state index in [4.69, 9.17) is 0 Å². The molecule has 2 nitrogen and oxygen atoms in total. The van der Waals surface area contributed by atoms with E-state index >= 15 is 0 Å². The molecule has 1 aromatic rings. The van der Waals surface area contributed by atoms with Gasteiger partial charge >= 0.3 is 0 Å². The van der Waals surface area contributed by atoms with Gasteiger partial charge in [-0.3, -0.25) is 0 Å². The maximum atomic E-state index is 3.55. The minimum absolute atomic E-state index is 0.520. The van der Waals surface area contributed by atoms with Crippen molar-refractivity contribution in [3.8, 4) is 0 Å². The van der Waals surface area contributed by atoms with Crippen molar-refractivity contribution in [3.05, 3.63) is 34.3 Å². The molecule has 1 aliphatic heterocycles. The van der Waals surface area contributed by atoms with Gasteiger partial charge in [0, 0.05) is 17.6 Å². The van der Waals surface area contributed by atoms with Gasteiger partial charge in [-0.05, 0) is 62.5 Å². The lowest BCUT2D eigenvalue weighted by Gasteiger charge is -2.40. The summed E-state index contributed by atoms with van der Waals surface area (Å²) < 4.78 is 1.17. The van der Waals surface area contributed by atoms with E-state index in [0.29, 0.717) is 5.41 Å². The molecule has 3 heteroatoms. The SMILES string of the molecule is CCC1(CN(C)Cc2cccc(Br)c2)CCNCC1. The van der Waals surface area contributed by atoms with E-state index in [0.717, 1.165) is 6.54 Å². The average Bonchev–Trinajstić information content (AvgIpc) is 2.39. The third-order valence-electron chi connectivity index (χ3n) is 4.36. The summed E-state index contributed by atoms with van der Waals surface area (Å²) in [5.41, 5.74) is 1.91. The first-order valence-electron chi connectivity index (χ1n) is 7.27. The number of benzene rings is 1. The summed E-state index contributed by atoms with van der Waals surface area (Å²) in [6, 6.07) is 8.64. The predicted molar refractivity (Wildman–Crippen MR) is 85.3 cm³/mol. The Morgan fingerprint density at radius 1 is 1.32 bits per heavy atom. The van der Waals surface area contributed by atoms with Crippen molar-refractivity contribution in [2.45, 2.75) is 32.7 Å². The molecule has 1 aromatic carbocycles. The van der Waals surface area contributed by atoms with Crippen LogP contribution < -0.4 is 5.32 Å². The highest BCUT2D eigenvalue weighted by molar-refractivity contribution is 9.10. The summed E-state index contributed by atoms with van der Waals surface area (Å²) in [4.78, 5) is 2.48. The molecule has 0 radical (unpaired) electrons. The molecule has 0 unspecified atom stereocenters. The lowest BCUT2D eigenvalue weighted by Crippen LogP contribution is -2.43. The Balaban J connectivity index is 1.94. The van der Waals surface area contributed by atoms with Crippen LogP contribution in [-0.4, -0.2) is 31.6 Å². The van der Waals surface area contributed by atoms with Gasteiger partial charge < -0.3 is 10.2 Å². The summed E-state index contributed by atoms with van der Waals surface area (Å²) in [5, 5.41) is 3.48. The summed E-state index contributed by atoms with van der Waals surface area (Å²) in [7, 11) is 2.25. The van der Waals surface area contributed by atoms with Crippen molar-refractivity contribution in [1.82, 2.24) is 10.2 Å². The lowest BCUT2D eigenvalue weighted by molar-refractivity contribution is 0.119. The van der Waals surface area contributed by atoms with Gasteiger partial charge in [0.15, 0.2) is 0 Å². The first kappa shape index (κ1) is 15.0. The van der Waals surface area contributed by atoms with Crippen LogP contribution in [0.2, 0.25) is 0 Å². The molecular weight excluding hydrogens is 300 g/mol. The Kier molecular flexibility index (Phi) is 5.43. The molecule has 0 bridgehead atoms. The van der Waals surface area contributed by atoms with E-state index in [1.54, 1.807) is 0 Å². The van der Waals surface area contributed by atoms with Crippen molar-refractivity contribution < 1.29 is 0 Å². The van der Waals surface area contributed by atoms with Crippen LogP contribution in [0.25, 0.3) is 0 Å². The minimum Gasteiger partial charge on any atom is -0.317 e. The van der Waals surface area contributed by atoms with Crippen molar-refractivity contribution in [3.63, 3.8) is 0 Å². The summed E-state index contributed by atoms with van der Waals surface area (Å²) in [6.07, 6.45) is 3.91. The van der Waals surface area contributed by atoms with Crippen molar-refractivity contribution in [1.29, 1.82) is 0 Å². The third kappa shape index (κ3) is 4.30. The fourth-order valence-electron chi connectivity index (χ4n) is 3.16. The Bertz CT molecular complexity index is 399. The van der Waals surface area contributed by atoms with Gasteiger partial charge in [0.05, 0.1) is 0 Å². The van der Waals surface area contributed by atoms with Crippen LogP contribution in [-0.2, 0) is 6.54 Å². The highest BCUT2D eigenvalue weighted by Crippen LogP contribution is 2.33. The molecule has 0 aliphatic carbocycles. The van der Waals surface area contributed by atoms with Crippen molar-refractivity contribution in [2.24, 2.45) is 5.41 Å². The molecule has 106 valence electrons. The van der Waals surface area contributed by atoms with Crippen LogP contribution >= 0.6 is 15.9 Å². The molecule has 0 amide bonds. The van der Waals surface area contributed by atoms with E-state index in [9.17, 15) is 0 Å². The lowest BCUT2D eigenvalue weighted by atomic mass is 9.76. The van der Waals surface area contributed by atoms with Crippen LogP contribution in [0.3, 0.4) is 0 Å². The van der Waals surface area contributed by atoms with E-state index in [2.05, 4.69) is 64.4 Å². The zero-order chi connectivity index (χ0) is 13.7. The monoisotopic (exact) mass is 324 g/mol. The number of hydrogen-bond donors (Lipinski definition) is 1. The highest BCUT2D eigenvalue weighted by atomic mass is 79.9. The van der Waals surface area contributed by atoms with Crippen molar-refractivity contribution in [2.75, 3.05) is 26.7 Å². The molecule has 0 atom stereocenters. The van der Waals surface area contributed by atoms with Gasteiger partial charge in [-0.25, -0.2) is 0 Å². The average molecular weight is 325 g/mol. The van der Waals surface area contributed by atoms with Gasteiger partial charge in [0.1, 0.15) is 0 Å². The molecule has 1 heterocycles. The van der Waals surface area contributed by atoms with Crippen molar-refractivity contribution >= 4 is 15.9 Å². The Morgan fingerprint density at radius 3 is 2.68 bits per heavy atom. The van der Waals surface area contributed by atoms with E-state index in [-0.39, 0.29) is 0 Å². The Morgan fingerprint density at radius 2 is 2.05 bits per heavy atom. The second kappa shape index (κ2) is 6.87. The zero-order valence-corrected chi connectivity index (χ0v) is 13.7. The molecule has 0 saturated carbocycles. The molecule has 19 heavy (non-hydrogen) atoms. The maximum Gasteiger partial charge on any atom is 0.0231 e. The van der Waals surface area contributed by atoms with Gasteiger partial charge in [-0.1, -0.05) is 35.0 Å². The number of rotatable bonds is 5. The number of nitrogens with one attached hydrogen (secondary N) is 1. The first-order chi connectivity index (χ1) is 9.13. The normalized spacial score (nSPS) is 18.7. The third-order valence-corrected chi connectivity index (χ3v) is 4.85. The molecule has 0 spiro atoms. The fraction of sp³-hybridized carbons (Fsp3) is 0.625. The predicted octanol–water partition coefficient (Wildman–Crippen LogP) is 3.66. The maximum absolute atomic E-state index is 3.55. The molecule has 1 N–H and O–H groups in total. The van der Waals surface area contributed by atoms with Crippen LogP contribution in [0.1, 0.15) is 31.7 Å². The van der Waals surface area contributed by atoms with Crippen LogP contribution in [0, 0.1) is 5.41 Å². The first-order valence-corrected chi connectivity index (χ1v) is 8.06.